The molecule has 1 fully saturated rings. The highest BCUT2D eigenvalue weighted by atomic mass is 16.5. The number of rotatable bonds is 4. The first kappa shape index (κ1) is 12.1. The molecule has 0 unspecified atom stereocenters. The minimum atomic E-state index is -0.313. The van der Waals surface area contributed by atoms with Crippen LogP contribution in [0.2, 0.25) is 0 Å². The van der Waals surface area contributed by atoms with E-state index in [2.05, 4.69) is 0 Å². The van der Waals surface area contributed by atoms with Crippen LogP contribution in [0.3, 0.4) is 0 Å². The number of hydrogen-bond acceptors (Lipinski definition) is 5. The first-order valence-electron chi connectivity index (χ1n) is 5.72. The number of fused-ring (bicyclic) bond motifs is 2. The number of carbonyl (C=O) groups excluding carboxylic acids is 2. The normalized spacial score (nSPS) is 26.2. The fourth-order valence-corrected chi connectivity index (χ4v) is 2.29. The molecule has 5 nitrogen and oxygen atoms in total. The zero-order valence-electron chi connectivity index (χ0n) is 10.0. The van der Waals surface area contributed by atoms with Crippen molar-refractivity contribution in [2.75, 3.05) is 13.2 Å². The van der Waals surface area contributed by atoms with E-state index in [0.717, 1.165) is 24.0 Å². The van der Waals surface area contributed by atoms with Gasteiger partial charge < -0.3 is 14.2 Å². The van der Waals surface area contributed by atoms with Crippen LogP contribution in [0.5, 0.6) is 0 Å². The molecule has 0 radical (unpaired) electrons. The van der Waals surface area contributed by atoms with Crippen molar-refractivity contribution in [1.29, 1.82) is 0 Å². The molecule has 94 valence electrons. The molecule has 2 bridgehead atoms. The van der Waals surface area contributed by atoms with Crippen molar-refractivity contribution in [3.8, 4) is 0 Å². The Hall–Kier alpha value is -1.36. The van der Waals surface area contributed by atoms with Gasteiger partial charge in [-0.05, 0) is 12.8 Å². The van der Waals surface area contributed by atoms with Crippen LogP contribution in [0.1, 0.15) is 26.7 Å². The fraction of sp³-hybridized carbons (Fsp3) is 0.667. The Morgan fingerprint density at radius 1 is 1.06 bits per heavy atom. The second kappa shape index (κ2) is 4.87. The monoisotopic (exact) mass is 240 g/mol. The fourth-order valence-electron chi connectivity index (χ4n) is 2.29. The van der Waals surface area contributed by atoms with Crippen molar-refractivity contribution in [3.63, 3.8) is 0 Å². The molecule has 2 heterocycles. The molecular formula is C12H16O5. The maximum absolute atomic E-state index is 10.8. The average Bonchev–Trinajstić information content (AvgIpc) is 2.83. The van der Waals surface area contributed by atoms with Crippen LogP contribution in [0, 0.1) is 0 Å². The van der Waals surface area contributed by atoms with E-state index in [0.29, 0.717) is 0 Å². The van der Waals surface area contributed by atoms with Gasteiger partial charge in [-0.15, -0.1) is 0 Å². The lowest BCUT2D eigenvalue weighted by Gasteiger charge is -2.16. The first-order valence-corrected chi connectivity index (χ1v) is 5.72. The molecule has 1 saturated heterocycles. The summed E-state index contributed by atoms with van der Waals surface area (Å²) >= 11 is 0. The molecule has 2 aliphatic rings. The molecule has 0 N–H and O–H groups in total. The van der Waals surface area contributed by atoms with Crippen molar-refractivity contribution in [2.24, 2.45) is 0 Å². The third-order valence-corrected chi connectivity index (χ3v) is 3.07. The van der Waals surface area contributed by atoms with Gasteiger partial charge in [-0.3, -0.25) is 9.59 Å². The summed E-state index contributed by atoms with van der Waals surface area (Å²) in [5, 5.41) is 0. The van der Waals surface area contributed by atoms with E-state index in [1.807, 2.05) is 0 Å². The van der Waals surface area contributed by atoms with Crippen molar-refractivity contribution < 1.29 is 23.8 Å². The molecule has 2 aliphatic heterocycles. The Kier molecular flexibility index (Phi) is 3.47. The molecule has 17 heavy (non-hydrogen) atoms. The van der Waals surface area contributed by atoms with Gasteiger partial charge in [0.1, 0.15) is 13.2 Å². The summed E-state index contributed by atoms with van der Waals surface area (Å²) in [5.41, 5.74) is 1.94. The molecule has 0 amide bonds. The topological polar surface area (TPSA) is 61.8 Å². The van der Waals surface area contributed by atoms with Gasteiger partial charge in [0.15, 0.2) is 0 Å². The lowest BCUT2D eigenvalue weighted by Crippen LogP contribution is -2.19. The Labute approximate surface area is 99.7 Å². The molecule has 0 aromatic rings. The van der Waals surface area contributed by atoms with Crippen LogP contribution in [0.15, 0.2) is 11.1 Å². The highest BCUT2D eigenvalue weighted by molar-refractivity contribution is 5.66. The molecule has 2 rings (SSSR count). The predicted octanol–water partition coefficient (Wildman–Crippen LogP) is 0.970. The smallest absolute Gasteiger partial charge is 0.302 e. The van der Waals surface area contributed by atoms with Gasteiger partial charge in [0.2, 0.25) is 0 Å². The standard InChI is InChI=1S/C12H16O5/c1-7(13)15-5-9-10(6-16-8(2)14)12-4-3-11(9)17-12/h11-12H,3-6H2,1-2H3/t11-,12+. The van der Waals surface area contributed by atoms with Gasteiger partial charge in [-0.25, -0.2) is 0 Å². The van der Waals surface area contributed by atoms with Gasteiger partial charge in [-0.2, -0.15) is 0 Å². The summed E-state index contributed by atoms with van der Waals surface area (Å²) in [7, 11) is 0. The number of ether oxygens (including phenoxy) is 3. The van der Waals surface area contributed by atoms with E-state index < -0.39 is 0 Å². The van der Waals surface area contributed by atoms with Crippen LogP contribution < -0.4 is 0 Å². The Balaban J connectivity index is 2.04. The third-order valence-electron chi connectivity index (χ3n) is 3.07. The summed E-state index contributed by atoms with van der Waals surface area (Å²) in [6.07, 6.45) is 1.96. The quantitative estimate of drug-likeness (QED) is 0.541. The number of carbonyl (C=O) groups is 2. The van der Waals surface area contributed by atoms with Crippen LogP contribution in [0.25, 0.3) is 0 Å². The summed E-state index contributed by atoms with van der Waals surface area (Å²) in [4.78, 5) is 21.6. The van der Waals surface area contributed by atoms with Gasteiger partial charge in [-0.1, -0.05) is 0 Å². The lowest BCUT2D eigenvalue weighted by molar-refractivity contribution is -0.141. The minimum absolute atomic E-state index is 0.0323. The van der Waals surface area contributed by atoms with Gasteiger partial charge in [0.05, 0.1) is 12.2 Å². The summed E-state index contributed by atoms with van der Waals surface area (Å²) in [6.45, 7) is 3.24. The van der Waals surface area contributed by atoms with Crippen LogP contribution in [-0.2, 0) is 23.8 Å². The number of hydrogen-bond donors (Lipinski definition) is 0. The predicted molar refractivity (Wildman–Crippen MR) is 58.2 cm³/mol. The van der Waals surface area contributed by atoms with Crippen molar-refractivity contribution in [1.82, 2.24) is 0 Å². The third kappa shape index (κ3) is 2.66. The van der Waals surface area contributed by atoms with E-state index >= 15 is 0 Å². The second-order valence-corrected chi connectivity index (χ2v) is 4.30. The largest absolute Gasteiger partial charge is 0.461 e. The second-order valence-electron chi connectivity index (χ2n) is 4.30. The Morgan fingerprint density at radius 3 is 1.82 bits per heavy atom. The van der Waals surface area contributed by atoms with E-state index in [4.69, 9.17) is 14.2 Å². The molecule has 0 saturated carbocycles. The highest BCUT2D eigenvalue weighted by Gasteiger charge is 2.40. The molecular weight excluding hydrogens is 224 g/mol. The summed E-state index contributed by atoms with van der Waals surface area (Å²) in [6, 6.07) is 0. The van der Waals surface area contributed by atoms with Crippen molar-refractivity contribution in [3.05, 3.63) is 11.1 Å². The maximum Gasteiger partial charge on any atom is 0.302 e. The molecule has 0 spiro atoms. The van der Waals surface area contributed by atoms with E-state index in [1.165, 1.54) is 13.8 Å². The SMILES string of the molecule is CC(=O)OCC1=C(COC(C)=O)[C@H]2CC[C@@H]1O2. The molecule has 0 aliphatic carbocycles. The number of esters is 2. The first-order chi connectivity index (χ1) is 8.08. The molecule has 0 aromatic heterocycles. The zero-order chi connectivity index (χ0) is 12.4. The molecule has 2 atom stereocenters. The molecule has 5 heteroatoms. The highest BCUT2D eigenvalue weighted by Crippen LogP contribution is 2.39. The van der Waals surface area contributed by atoms with Crippen LogP contribution in [-0.4, -0.2) is 37.4 Å². The zero-order valence-corrected chi connectivity index (χ0v) is 10.0. The summed E-state index contributed by atoms with van der Waals surface area (Å²) in [5.74, 6) is -0.626. The van der Waals surface area contributed by atoms with E-state index in [-0.39, 0.29) is 37.4 Å². The maximum atomic E-state index is 10.8. The minimum Gasteiger partial charge on any atom is -0.461 e. The van der Waals surface area contributed by atoms with Crippen LogP contribution in [0.4, 0.5) is 0 Å². The van der Waals surface area contributed by atoms with Gasteiger partial charge in [0, 0.05) is 25.0 Å². The van der Waals surface area contributed by atoms with Crippen molar-refractivity contribution >= 4 is 11.9 Å². The van der Waals surface area contributed by atoms with Gasteiger partial charge in [0.25, 0.3) is 0 Å². The molecule has 0 aromatic carbocycles. The van der Waals surface area contributed by atoms with E-state index in [9.17, 15) is 9.59 Å². The Morgan fingerprint density at radius 2 is 1.47 bits per heavy atom. The average molecular weight is 240 g/mol. The van der Waals surface area contributed by atoms with Crippen LogP contribution >= 0.6 is 0 Å². The Bertz CT molecular complexity index is 337. The summed E-state index contributed by atoms with van der Waals surface area (Å²) < 4.78 is 15.7. The van der Waals surface area contributed by atoms with E-state index in [1.54, 1.807) is 0 Å². The lowest BCUT2D eigenvalue weighted by atomic mass is 9.92. The van der Waals surface area contributed by atoms with Crippen molar-refractivity contribution in [2.45, 2.75) is 38.9 Å². The van der Waals surface area contributed by atoms with Gasteiger partial charge >= 0.3 is 11.9 Å².